The van der Waals surface area contributed by atoms with Crippen molar-refractivity contribution in [2.24, 2.45) is 0 Å². The fourth-order valence-electron chi connectivity index (χ4n) is 1.90. The summed E-state index contributed by atoms with van der Waals surface area (Å²) in [4.78, 5) is 24.8. The largest absolute Gasteiger partial charge is 0.357 e. The van der Waals surface area contributed by atoms with E-state index in [4.69, 9.17) is 0 Å². The molecule has 0 aliphatic carbocycles. The number of nitrogens with one attached hydrogen (secondary N) is 3. The van der Waals surface area contributed by atoms with Crippen LogP contribution in [0.2, 0.25) is 0 Å². The number of aromatic nitrogens is 3. The lowest BCUT2D eigenvalue weighted by Gasteiger charge is -2.24. The van der Waals surface area contributed by atoms with Gasteiger partial charge in [-0.3, -0.25) is 4.79 Å². The predicted molar refractivity (Wildman–Crippen MR) is 78.6 cm³/mol. The first-order valence-corrected chi connectivity index (χ1v) is 7.06. The summed E-state index contributed by atoms with van der Waals surface area (Å²) in [5.74, 6) is 1.69. The molecule has 0 fully saturated rings. The normalized spacial score (nSPS) is 17.1. The lowest BCUT2D eigenvalue weighted by atomic mass is 10.2. The lowest BCUT2D eigenvalue weighted by molar-refractivity contribution is -0.116. The number of fused-ring (bicyclic) bond motifs is 1. The van der Waals surface area contributed by atoms with Gasteiger partial charge in [-0.2, -0.15) is 0 Å². The number of aryl methyl sites for hydroxylation is 2. The van der Waals surface area contributed by atoms with Crippen molar-refractivity contribution >= 4 is 39.7 Å². The Morgan fingerprint density at radius 1 is 1.30 bits per heavy atom. The van der Waals surface area contributed by atoms with Gasteiger partial charge in [0.15, 0.2) is 16.8 Å². The fraction of sp³-hybridized carbons (Fsp3) is 0.333. The summed E-state index contributed by atoms with van der Waals surface area (Å²) >= 11 is 1.49. The predicted octanol–water partition coefficient (Wildman–Crippen LogP) is 2.05. The second-order valence-electron chi connectivity index (χ2n) is 4.62. The molecule has 2 aromatic heterocycles. The maximum atomic E-state index is 11.8. The van der Waals surface area contributed by atoms with Crippen LogP contribution in [0.25, 0.3) is 0 Å². The van der Waals surface area contributed by atoms with E-state index in [1.165, 1.54) is 11.3 Å². The molecule has 20 heavy (non-hydrogen) atoms. The molecule has 8 heteroatoms. The van der Waals surface area contributed by atoms with Crippen LogP contribution in [0.4, 0.5) is 22.5 Å². The Labute approximate surface area is 119 Å². The van der Waals surface area contributed by atoms with Gasteiger partial charge in [-0.15, -0.1) is 11.3 Å². The van der Waals surface area contributed by atoms with E-state index in [2.05, 4.69) is 30.9 Å². The summed E-state index contributed by atoms with van der Waals surface area (Å²) in [6.45, 7) is 5.52. The molecule has 7 nitrogen and oxygen atoms in total. The van der Waals surface area contributed by atoms with E-state index in [0.29, 0.717) is 23.1 Å². The van der Waals surface area contributed by atoms with Crippen LogP contribution in [0.3, 0.4) is 0 Å². The molecule has 0 bridgehead atoms. The molecule has 0 saturated carbocycles. The highest BCUT2D eigenvalue weighted by atomic mass is 32.1. The van der Waals surface area contributed by atoms with Gasteiger partial charge in [-0.05, 0) is 20.8 Å². The zero-order valence-corrected chi connectivity index (χ0v) is 12.1. The molecule has 1 atom stereocenters. The topological polar surface area (TPSA) is 91.8 Å². The third-order valence-electron chi connectivity index (χ3n) is 2.86. The van der Waals surface area contributed by atoms with Crippen molar-refractivity contribution in [1.29, 1.82) is 0 Å². The summed E-state index contributed by atoms with van der Waals surface area (Å²) in [5, 5.41) is 11.7. The number of rotatable bonds is 2. The quantitative estimate of drug-likeness (QED) is 0.784. The Balaban J connectivity index is 2.00. The first kappa shape index (κ1) is 12.8. The van der Waals surface area contributed by atoms with E-state index in [1.54, 1.807) is 13.8 Å². The van der Waals surface area contributed by atoms with Crippen molar-refractivity contribution in [3.05, 3.63) is 16.9 Å². The monoisotopic (exact) mass is 290 g/mol. The fourth-order valence-corrected chi connectivity index (χ4v) is 2.59. The van der Waals surface area contributed by atoms with Gasteiger partial charge in [0.1, 0.15) is 17.6 Å². The summed E-state index contributed by atoms with van der Waals surface area (Å²) < 4.78 is 0. The van der Waals surface area contributed by atoms with Gasteiger partial charge < -0.3 is 16.0 Å². The highest BCUT2D eigenvalue weighted by molar-refractivity contribution is 7.13. The van der Waals surface area contributed by atoms with Crippen molar-refractivity contribution < 1.29 is 4.79 Å². The Morgan fingerprint density at radius 2 is 2.10 bits per heavy atom. The van der Waals surface area contributed by atoms with Crippen LogP contribution >= 0.6 is 11.3 Å². The molecular formula is C12H14N6OS. The molecule has 1 unspecified atom stereocenters. The smallest absolute Gasteiger partial charge is 0.246 e. The van der Waals surface area contributed by atoms with Crippen molar-refractivity contribution in [2.75, 3.05) is 16.0 Å². The van der Waals surface area contributed by atoms with Gasteiger partial charge >= 0.3 is 0 Å². The summed E-state index contributed by atoms with van der Waals surface area (Å²) in [5.41, 5.74) is 1.50. The molecule has 1 amide bonds. The lowest BCUT2D eigenvalue weighted by Crippen LogP contribution is -2.37. The highest BCUT2D eigenvalue weighted by Crippen LogP contribution is 2.33. The van der Waals surface area contributed by atoms with Crippen LogP contribution in [0, 0.1) is 13.8 Å². The number of hydrogen-bond acceptors (Lipinski definition) is 7. The Bertz CT molecular complexity index is 683. The standard InChI is InChI=1S/C12H14N6OS/c1-5-4-20-12(13-5)18-10-8-9(15-7(3)16-10)14-6(2)11(19)17-8/h4,6H,1-3H3,(H,17,19)(H2,13,14,15,16,18). The first-order valence-electron chi connectivity index (χ1n) is 6.18. The van der Waals surface area contributed by atoms with Gasteiger partial charge in [0.2, 0.25) is 5.91 Å². The first-order chi connectivity index (χ1) is 9.52. The number of amides is 1. The number of anilines is 4. The van der Waals surface area contributed by atoms with E-state index >= 15 is 0 Å². The number of carbonyl (C=O) groups excluding carboxylic acids is 1. The zero-order valence-electron chi connectivity index (χ0n) is 11.3. The van der Waals surface area contributed by atoms with Crippen LogP contribution in [0.1, 0.15) is 18.4 Å². The maximum Gasteiger partial charge on any atom is 0.246 e. The summed E-state index contributed by atoms with van der Waals surface area (Å²) in [7, 11) is 0. The number of carbonyl (C=O) groups is 1. The SMILES string of the molecule is Cc1csc(Nc2nc(C)nc3c2NC(=O)C(C)N3)n1. The molecule has 3 heterocycles. The Hall–Kier alpha value is -2.22. The van der Waals surface area contributed by atoms with Crippen LogP contribution in [-0.4, -0.2) is 26.9 Å². The molecule has 0 spiro atoms. The van der Waals surface area contributed by atoms with Gasteiger partial charge in [-0.25, -0.2) is 15.0 Å². The Kier molecular flexibility index (Phi) is 3.01. The van der Waals surface area contributed by atoms with Crippen molar-refractivity contribution in [2.45, 2.75) is 26.8 Å². The second-order valence-corrected chi connectivity index (χ2v) is 5.48. The van der Waals surface area contributed by atoms with E-state index in [9.17, 15) is 4.79 Å². The number of nitrogens with zero attached hydrogens (tertiary/aromatic N) is 3. The van der Waals surface area contributed by atoms with E-state index in [-0.39, 0.29) is 11.9 Å². The molecule has 1 aliphatic rings. The van der Waals surface area contributed by atoms with Crippen LogP contribution < -0.4 is 16.0 Å². The number of thiazole rings is 1. The maximum absolute atomic E-state index is 11.8. The molecule has 3 N–H and O–H groups in total. The minimum absolute atomic E-state index is 0.108. The van der Waals surface area contributed by atoms with E-state index in [0.717, 1.165) is 10.8 Å². The third-order valence-corrected chi connectivity index (χ3v) is 3.74. The van der Waals surface area contributed by atoms with Gasteiger partial charge in [0.25, 0.3) is 0 Å². The molecule has 0 saturated heterocycles. The molecule has 0 aromatic carbocycles. The van der Waals surface area contributed by atoms with Gasteiger partial charge in [0, 0.05) is 5.38 Å². The molecule has 104 valence electrons. The van der Waals surface area contributed by atoms with Crippen LogP contribution in [0.15, 0.2) is 5.38 Å². The van der Waals surface area contributed by atoms with E-state index in [1.807, 2.05) is 12.3 Å². The third kappa shape index (κ3) is 2.29. The molecular weight excluding hydrogens is 276 g/mol. The van der Waals surface area contributed by atoms with Crippen molar-refractivity contribution in [3.8, 4) is 0 Å². The zero-order chi connectivity index (χ0) is 14.3. The molecule has 1 aliphatic heterocycles. The van der Waals surface area contributed by atoms with Gasteiger partial charge in [0.05, 0.1) is 5.69 Å². The highest BCUT2D eigenvalue weighted by Gasteiger charge is 2.26. The van der Waals surface area contributed by atoms with Crippen molar-refractivity contribution in [1.82, 2.24) is 15.0 Å². The van der Waals surface area contributed by atoms with Gasteiger partial charge in [-0.1, -0.05) is 0 Å². The average Bonchev–Trinajstić information content (AvgIpc) is 2.77. The number of hydrogen-bond donors (Lipinski definition) is 3. The average molecular weight is 290 g/mol. The molecule has 2 aromatic rings. The summed E-state index contributed by atoms with van der Waals surface area (Å²) in [6.07, 6.45) is 0. The van der Waals surface area contributed by atoms with Crippen LogP contribution in [-0.2, 0) is 4.79 Å². The minimum Gasteiger partial charge on any atom is -0.357 e. The van der Waals surface area contributed by atoms with Crippen molar-refractivity contribution in [3.63, 3.8) is 0 Å². The Morgan fingerprint density at radius 3 is 2.80 bits per heavy atom. The molecule has 3 rings (SSSR count). The summed E-state index contributed by atoms with van der Waals surface area (Å²) in [6, 6.07) is -0.313. The van der Waals surface area contributed by atoms with Crippen LogP contribution in [0.5, 0.6) is 0 Å². The minimum atomic E-state index is -0.313. The van der Waals surface area contributed by atoms with E-state index < -0.39 is 0 Å². The molecule has 0 radical (unpaired) electrons. The second kappa shape index (κ2) is 4.71.